The Bertz CT molecular complexity index is 680. The van der Waals surface area contributed by atoms with E-state index in [0.29, 0.717) is 0 Å². The van der Waals surface area contributed by atoms with Crippen LogP contribution >= 0.6 is 11.6 Å². The number of halogens is 6. The number of benzene rings is 1. The van der Waals surface area contributed by atoms with E-state index in [-0.39, 0.29) is 16.8 Å². The monoisotopic (exact) mass is 324 g/mol. The Kier molecular flexibility index (Phi) is 4.12. The maximum Gasteiger partial charge on any atom is 0.224 e. The minimum absolute atomic E-state index is 0.0331. The van der Waals surface area contributed by atoms with Crippen molar-refractivity contribution in [2.45, 2.75) is 0 Å². The Morgan fingerprint density at radius 1 is 0.952 bits per heavy atom. The lowest BCUT2D eigenvalue weighted by Gasteiger charge is -2.11. The third kappa shape index (κ3) is 2.68. The summed E-state index contributed by atoms with van der Waals surface area (Å²) in [5, 5.41) is 4.33. The van der Waals surface area contributed by atoms with Gasteiger partial charge in [-0.3, -0.25) is 0 Å². The van der Waals surface area contributed by atoms with Crippen LogP contribution in [0.25, 0.3) is 0 Å². The van der Waals surface area contributed by atoms with Crippen molar-refractivity contribution in [3.63, 3.8) is 0 Å². The number of aromatic nitrogens is 2. The molecule has 0 aliphatic carbocycles. The van der Waals surface area contributed by atoms with Gasteiger partial charge in [-0.25, -0.2) is 26.9 Å². The lowest BCUT2D eigenvalue weighted by Crippen LogP contribution is -2.08. The van der Waals surface area contributed by atoms with Gasteiger partial charge in [0.2, 0.25) is 11.8 Å². The SMILES string of the molecule is CNc1ncc(Cl)c(Nc2c(F)c(F)c(F)c(F)c2F)n1. The largest absolute Gasteiger partial charge is 0.357 e. The topological polar surface area (TPSA) is 49.8 Å². The van der Waals surface area contributed by atoms with E-state index < -0.39 is 34.8 Å². The molecule has 10 heteroatoms. The predicted molar refractivity (Wildman–Crippen MR) is 66.1 cm³/mol. The maximum absolute atomic E-state index is 13.5. The van der Waals surface area contributed by atoms with E-state index in [2.05, 4.69) is 15.3 Å². The van der Waals surface area contributed by atoms with Crippen LogP contribution in [0.4, 0.5) is 39.4 Å². The van der Waals surface area contributed by atoms with Gasteiger partial charge in [0.05, 0.1) is 6.20 Å². The molecule has 1 heterocycles. The van der Waals surface area contributed by atoms with E-state index in [1.807, 2.05) is 5.32 Å². The summed E-state index contributed by atoms with van der Waals surface area (Å²) in [7, 11) is 1.46. The quantitative estimate of drug-likeness (QED) is 0.514. The first-order valence-electron chi connectivity index (χ1n) is 5.35. The van der Waals surface area contributed by atoms with E-state index in [4.69, 9.17) is 11.6 Å². The third-order valence-electron chi connectivity index (χ3n) is 2.42. The minimum atomic E-state index is -2.25. The molecule has 0 aliphatic rings. The van der Waals surface area contributed by atoms with Crippen molar-refractivity contribution >= 4 is 29.1 Å². The molecule has 2 rings (SSSR count). The molecule has 0 bridgehead atoms. The van der Waals surface area contributed by atoms with Gasteiger partial charge in [0.15, 0.2) is 29.1 Å². The van der Waals surface area contributed by atoms with Crippen LogP contribution in [0.15, 0.2) is 6.20 Å². The lowest BCUT2D eigenvalue weighted by molar-refractivity contribution is 0.382. The lowest BCUT2D eigenvalue weighted by atomic mass is 10.2. The van der Waals surface area contributed by atoms with Gasteiger partial charge in [-0.05, 0) is 0 Å². The number of anilines is 3. The molecule has 0 fully saturated rings. The molecule has 0 atom stereocenters. The zero-order chi connectivity index (χ0) is 15.7. The van der Waals surface area contributed by atoms with Crippen LogP contribution in [0.3, 0.4) is 0 Å². The van der Waals surface area contributed by atoms with Crippen LogP contribution in [-0.4, -0.2) is 17.0 Å². The first kappa shape index (κ1) is 15.2. The molecule has 1 aromatic carbocycles. The maximum atomic E-state index is 13.5. The van der Waals surface area contributed by atoms with E-state index in [0.717, 1.165) is 6.20 Å². The van der Waals surface area contributed by atoms with Crippen molar-refractivity contribution < 1.29 is 22.0 Å². The van der Waals surface area contributed by atoms with Gasteiger partial charge < -0.3 is 10.6 Å². The number of hydrogen-bond donors (Lipinski definition) is 2. The van der Waals surface area contributed by atoms with Crippen LogP contribution in [0, 0.1) is 29.1 Å². The summed E-state index contributed by atoms with van der Waals surface area (Å²) in [5.41, 5.74) is -1.26. The highest BCUT2D eigenvalue weighted by Gasteiger charge is 2.26. The molecule has 2 N–H and O–H groups in total. The van der Waals surface area contributed by atoms with Gasteiger partial charge in [-0.2, -0.15) is 4.98 Å². The highest BCUT2D eigenvalue weighted by atomic mass is 35.5. The van der Waals surface area contributed by atoms with Gasteiger partial charge in [0.1, 0.15) is 10.7 Å². The Morgan fingerprint density at radius 2 is 1.48 bits per heavy atom. The van der Waals surface area contributed by atoms with Gasteiger partial charge >= 0.3 is 0 Å². The molecule has 0 saturated heterocycles. The minimum Gasteiger partial charge on any atom is -0.357 e. The standard InChI is InChI=1S/C11H6ClF5N4/c1-18-11-19-2-3(12)10(21-11)20-9-7(16)5(14)4(13)6(15)8(9)17/h2H,1H3,(H2,18,19,20,21). The fraction of sp³-hybridized carbons (Fsp3) is 0.0909. The fourth-order valence-corrected chi connectivity index (χ4v) is 1.55. The van der Waals surface area contributed by atoms with E-state index in [9.17, 15) is 22.0 Å². The summed E-state index contributed by atoms with van der Waals surface area (Å²) in [5.74, 6) is -10.7. The Hall–Kier alpha value is -2.16. The normalized spacial score (nSPS) is 10.6. The van der Waals surface area contributed by atoms with Gasteiger partial charge in [0.25, 0.3) is 0 Å². The average Bonchev–Trinajstić information content (AvgIpc) is 2.49. The van der Waals surface area contributed by atoms with Crippen molar-refractivity contribution in [1.82, 2.24) is 9.97 Å². The molecule has 0 radical (unpaired) electrons. The van der Waals surface area contributed by atoms with E-state index in [1.54, 1.807) is 0 Å². The highest BCUT2D eigenvalue weighted by molar-refractivity contribution is 6.32. The molecule has 112 valence electrons. The zero-order valence-corrected chi connectivity index (χ0v) is 11.0. The second kappa shape index (κ2) is 5.68. The van der Waals surface area contributed by atoms with Crippen molar-refractivity contribution in [1.29, 1.82) is 0 Å². The second-order valence-corrected chi connectivity index (χ2v) is 4.12. The van der Waals surface area contributed by atoms with Crippen molar-refractivity contribution in [2.75, 3.05) is 17.7 Å². The van der Waals surface area contributed by atoms with E-state index >= 15 is 0 Å². The number of nitrogens with zero attached hydrogens (tertiary/aromatic N) is 2. The van der Waals surface area contributed by atoms with Crippen molar-refractivity contribution in [3.05, 3.63) is 40.3 Å². The average molecular weight is 325 g/mol. The molecule has 1 aromatic heterocycles. The first-order chi connectivity index (χ1) is 9.86. The highest BCUT2D eigenvalue weighted by Crippen LogP contribution is 2.31. The Labute approximate surface area is 120 Å². The fourth-order valence-electron chi connectivity index (χ4n) is 1.41. The summed E-state index contributed by atoms with van der Waals surface area (Å²) in [4.78, 5) is 7.42. The molecule has 21 heavy (non-hydrogen) atoms. The summed E-state index contributed by atoms with van der Waals surface area (Å²) in [6, 6.07) is 0. The summed E-state index contributed by atoms with van der Waals surface area (Å²) < 4.78 is 66.1. The first-order valence-corrected chi connectivity index (χ1v) is 5.73. The summed E-state index contributed by atoms with van der Waals surface area (Å²) in [6.07, 6.45) is 1.09. The van der Waals surface area contributed by atoms with Gasteiger partial charge in [-0.1, -0.05) is 11.6 Å². The van der Waals surface area contributed by atoms with Crippen LogP contribution in [0.2, 0.25) is 5.02 Å². The molecule has 0 amide bonds. The van der Waals surface area contributed by atoms with Gasteiger partial charge in [0, 0.05) is 7.05 Å². The molecule has 0 spiro atoms. The Balaban J connectivity index is 2.55. The van der Waals surface area contributed by atoms with Crippen molar-refractivity contribution in [3.8, 4) is 0 Å². The smallest absolute Gasteiger partial charge is 0.224 e. The van der Waals surface area contributed by atoms with Crippen molar-refractivity contribution in [2.24, 2.45) is 0 Å². The third-order valence-corrected chi connectivity index (χ3v) is 2.70. The number of hydrogen-bond acceptors (Lipinski definition) is 4. The van der Waals surface area contributed by atoms with Crippen LogP contribution in [0.5, 0.6) is 0 Å². The molecular formula is C11H6ClF5N4. The Morgan fingerprint density at radius 3 is 2.00 bits per heavy atom. The molecular weight excluding hydrogens is 319 g/mol. The second-order valence-electron chi connectivity index (χ2n) is 3.71. The van der Waals surface area contributed by atoms with Gasteiger partial charge in [-0.15, -0.1) is 0 Å². The van der Waals surface area contributed by atoms with E-state index in [1.165, 1.54) is 7.05 Å². The number of nitrogens with one attached hydrogen (secondary N) is 2. The molecule has 0 unspecified atom stereocenters. The summed E-state index contributed by atoms with van der Waals surface area (Å²) >= 11 is 5.70. The molecule has 0 saturated carbocycles. The molecule has 4 nitrogen and oxygen atoms in total. The predicted octanol–water partition coefficient (Wildman–Crippen LogP) is 3.61. The van der Waals surface area contributed by atoms with Crippen LogP contribution in [-0.2, 0) is 0 Å². The summed E-state index contributed by atoms with van der Waals surface area (Å²) in [6.45, 7) is 0. The van der Waals surface area contributed by atoms with Crippen LogP contribution < -0.4 is 10.6 Å². The molecule has 0 aliphatic heterocycles. The van der Waals surface area contributed by atoms with Crippen LogP contribution in [0.1, 0.15) is 0 Å². The molecule has 2 aromatic rings. The number of rotatable bonds is 3. The zero-order valence-electron chi connectivity index (χ0n) is 10.2.